The lowest BCUT2D eigenvalue weighted by Crippen LogP contribution is -2.29. The van der Waals surface area contributed by atoms with Gasteiger partial charge >= 0.3 is 0 Å². The Hall–Kier alpha value is -1.27. The van der Waals surface area contributed by atoms with E-state index in [2.05, 4.69) is 0 Å². The number of benzene rings is 1. The maximum Gasteiger partial charge on any atom is 0.164 e. The summed E-state index contributed by atoms with van der Waals surface area (Å²) in [7, 11) is -2.92. The van der Waals surface area contributed by atoms with Gasteiger partial charge in [-0.15, -0.1) is 0 Å². The molecule has 0 spiro atoms. The third-order valence-electron chi connectivity index (χ3n) is 3.45. The number of sulfone groups is 1. The summed E-state index contributed by atoms with van der Waals surface area (Å²) in [5.41, 5.74) is 0.368. The molecule has 0 amide bonds. The quantitative estimate of drug-likeness (QED) is 0.791. The van der Waals surface area contributed by atoms with E-state index in [1.165, 1.54) is 18.2 Å². The molecule has 1 fully saturated rings. The summed E-state index contributed by atoms with van der Waals surface area (Å²) in [6, 6.07) is 5.64. The average molecular weight is 299 g/mol. The first-order valence-electron chi connectivity index (χ1n) is 6.68. The minimum Gasteiger partial charge on any atom is -0.302 e. The molecule has 1 aliphatic rings. The van der Waals surface area contributed by atoms with Crippen molar-refractivity contribution < 1.29 is 17.6 Å². The highest BCUT2D eigenvalue weighted by atomic mass is 32.2. The second kappa shape index (κ2) is 6.45. The monoisotopic (exact) mass is 299 g/mol. The summed E-state index contributed by atoms with van der Waals surface area (Å²) in [4.78, 5) is 13.9. The predicted molar refractivity (Wildman–Crippen MR) is 75.1 cm³/mol. The van der Waals surface area contributed by atoms with Crippen LogP contribution in [0.25, 0.3) is 0 Å². The van der Waals surface area contributed by atoms with Crippen molar-refractivity contribution in [3.8, 4) is 0 Å². The Morgan fingerprint density at radius 1 is 1.25 bits per heavy atom. The Morgan fingerprint density at radius 3 is 2.80 bits per heavy atom. The summed E-state index contributed by atoms with van der Waals surface area (Å²) in [5.74, 6) is -0.156. The number of rotatable bonds is 4. The summed E-state index contributed by atoms with van der Waals surface area (Å²) >= 11 is 0. The van der Waals surface area contributed by atoms with Crippen molar-refractivity contribution in [3.63, 3.8) is 0 Å². The van der Waals surface area contributed by atoms with E-state index in [4.69, 9.17) is 0 Å². The molecule has 0 unspecified atom stereocenters. The SMILES string of the molecule is O=C(CCN1CCCS(=O)(=O)CC1)c1cccc(F)c1. The smallest absolute Gasteiger partial charge is 0.164 e. The van der Waals surface area contributed by atoms with E-state index >= 15 is 0 Å². The zero-order valence-corrected chi connectivity index (χ0v) is 12.0. The Kier molecular flexibility index (Phi) is 4.88. The molecule has 1 saturated heterocycles. The fraction of sp³-hybridized carbons (Fsp3) is 0.500. The van der Waals surface area contributed by atoms with E-state index in [1.54, 1.807) is 6.07 Å². The lowest BCUT2D eigenvalue weighted by atomic mass is 10.1. The van der Waals surface area contributed by atoms with Crippen molar-refractivity contribution in [3.05, 3.63) is 35.6 Å². The van der Waals surface area contributed by atoms with E-state index in [9.17, 15) is 17.6 Å². The minimum atomic E-state index is -2.92. The molecular weight excluding hydrogens is 281 g/mol. The topological polar surface area (TPSA) is 54.5 Å². The van der Waals surface area contributed by atoms with Crippen molar-refractivity contribution >= 4 is 15.6 Å². The second-order valence-corrected chi connectivity index (χ2v) is 7.33. The van der Waals surface area contributed by atoms with Gasteiger partial charge in [-0.25, -0.2) is 12.8 Å². The number of carbonyl (C=O) groups is 1. The normalized spacial score (nSPS) is 19.4. The van der Waals surface area contributed by atoms with E-state index in [0.717, 1.165) is 0 Å². The summed E-state index contributed by atoms with van der Waals surface area (Å²) in [5, 5.41) is 0. The molecule has 0 aromatic heterocycles. The molecule has 2 rings (SSSR count). The average Bonchev–Trinajstić information content (AvgIpc) is 2.57. The first kappa shape index (κ1) is 15.1. The van der Waals surface area contributed by atoms with E-state index in [-0.39, 0.29) is 23.7 Å². The van der Waals surface area contributed by atoms with Crippen LogP contribution in [0.1, 0.15) is 23.2 Å². The van der Waals surface area contributed by atoms with Gasteiger partial charge in [0.05, 0.1) is 11.5 Å². The zero-order chi connectivity index (χ0) is 14.6. The molecule has 0 atom stereocenters. The largest absolute Gasteiger partial charge is 0.302 e. The van der Waals surface area contributed by atoms with E-state index in [1.807, 2.05) is 4.90 Å². The third-order valence-corrected chi connectivity index (χ3v) is 5.17. The molecule has 1 aromatic carbocycles. The molecule has 6 heteroatoms. The first-order valence-corrected chi connectivity index (χ1v) is 8.50. The zero-order valence-electron chi connectivity index (χ0n) is 11.2. The van der Waals surface area contributed by atoms with Gasteiger partial charge in [-0.05, 0) is 25.1 Å². The number of halogens is 1. The predicted octanol–water partition coefficient (Wildman–Crippen LogP) is 1.52. The summed E-state index contributed by atoms with van der Waals surface area (Å²) in [6.07, 6.45) is 0.889. The van der Waals surface area contributed by atoms with Crippen LogP contribution < -0.4 is 0 Å². The Balaban J connectivity index is 1.87. The molecule has 110 valence electrons. The van der Waals surface area contributed by atoms with Gasteiger partial charge in [0.2, 0.25) is 0 Å². The summed E-state index contributed by atoms with van der Waals surface area (Å²) < 4.78 is 36.0. The van der Waals surface area contributed by atoms with Crippen LogP contribution in [0.4, 0.5) is 4.39 Å². The van der Waals surface area contributed by atoms with Crippen LogP contribution in [0.15, 0.2) is 24.3 Å². The number of nitrogens with zero attached hydrogens (tertiary/aromatic N) is 1. The van der Waals surface area contributed by atoms with Crippen molar-refractivity contribution in [2.75, 3.05) is 31.1 Å². The van der Waals surface area contributed by atoms with Crippen molar-refractivity contribution in [1.29, 1.82) is 0 Å². The minimum absolute atomic E-state index is 0.114. The van der Waals surface area contributed by atoms with Crippen molar-refractivity contribution in [2.24, 2.45) is 0 Å². The Morgan fingerprint density at radius 2 is 2.05 bits per heavy atom. The lowest BCUT2D eigenvalue weighted by Gasteiger charge is -2.18. The molecule has 0 radical (unpaired) electrons. The highest BCUT2D eigenvalue weighted by Crippen LogP contribution is 2.09. The fourth-order valence-corrected chi connectivity index (χ4v) is 3.59. The number of Topliss-reactive ketones (excluding diaryl/α,β-unsaturated/α-hetero) is 1. The summed E-state index contributed by atoms with van der Waals surface area (Å²) in [6.45, 7) is 1.68. The number of hydrogen-bond acceptors (Lipinski definition) is 4. The van der Waals surface area contributed by atoms with Crippen LogP contribution in [0.5, 0.6) is 0 Å². The van der Waals surface area contributed by atoms with Gasteiger partial charge in [-0.3, -0.25) is 4.79 Å². The van der Waals surface area contributed by atoms with Crippen LogP contribution in [0, 0.1) is 5.82 Å². The Bertz CT molecular complexity index is 586. The van der Waals surface area contributed by atoms with Crippen LogP contribution in [-0.2, 0) is 9.84 Å². The van der Waals surface area contributed by atoms with Gasteiger partial charge in [0.25, 0.3) is 0 Å². The number of hydrogen-bond donors (Lipinski definition) is 0. The Labute approximate surface area is 118 Å². The fourth-order valence-electron chi connectivity index (χ4n) is 2.28. The molecular formula is C14H18FNO3S. The van der Waals surface area contributed by atoms with Crippen LogP contribution in [-0.4, -0.2) is 50.2 Å². The molecule has 0 aliphatic carbocycles. The standard InChI is InChI=1S/C14H18FNO3S/c15-13-4-1-3-12(11-13)14(17)5-7-16-6-2-9-20(18,19)10-8-16/h1,3-4,11H,2,5-10H2. The van der Waals surface area contributed by atoms with Gasteiger partial charge in [0.1, 0.15) is 5.82 Å². The second-order valence-electron chi connectivity index (χ2n) is 5.03. The molecule has 20 heavy (non-hydrogen) atoms. The molecule has 1 aliphatic heterocycles. The highest BCUT2D eigenvalue weighted by molar-refractivity contribution is 7.91. The highest BCUT2D eigenvalue weighted by Gasteiger charge is 2.19. The van der Waals surface area contributed by atoms with Gasteiger partial charge in [0.15, 0.2) is 15.6 Å². The van der Waals surface area contributed by atoms with Gasteiger partial charge in [-0.2, -0.15) is 0 Å². The van der Waals surface area contributed by atoms with Gasteiger partial charge in [-0.1, -0.05) is 12.1 Å². The molecule has 1 heterocycles. The van der Waals surface area contributed by atoms with Crippen LogP contribution in [0.2, 0.25) is 0 Å². The van der Waals surface area contributed by atoms with E-state index in [0.29, 0.717) is 31.6 Å². The number of ketones is 1. The number of carbonyl (C=O) groups excluding carboxylic acids is 1. The maximum absolute atomic E-state index is 13.0. The maximum atomic E-state index is 13.0. The van der Waals surface area contributed by atoms with E-state index < -0.39 is 15.7 Å². The molecule has 0 bridgehead atoms. The molecule has 0 saturated carbocycles. The molecule has 1 aromatic rings. The molecule has 4 nitrogen and oxygen atoms in total. The van der Waals surface area contributed by atoms with Crippen molar-refractivity contribution in [1.82, 2.24) is 4.90 Å². The lowest BCUT2D eigenvalue weighted by molar-refractivity contribution is 0.0965. The van der Waals surface area contributed by atoms with Crippen molar-refractivity contribution in [2.45, 2.75) is 12.8 Å². The van der Waals surface area contributed by atoms with Gasteiger partial charge < -0.3 is 4.90 Å². The molecule has 0 N–H and O–H groups in total. The first-order chi connectivity index (χ1) is 9.46. The third kappa shape index (κ3) is 4.38. The van der Waals surface area contributed by atoms with Gasteiger partial charge in [0, 0.05) is 25.1 Å². The van der Waals surface area contributed by atoms with Crippen LogP contribution >= 0.6 is 0 Å². The van der Waals surface area contributed by atoms with Crippen LogP contribution in [0.3, 0.4) is 0 Å².